The molecule has 1 aliphatic heterocycles. The lowest BCUT2D eigenvalue weighted by Gasteiger charge is -2.30. The number of aliphatic hydroxyl groups is 1. The molecule has 1 amide bonds. The molecule has 0 aromatic heterocycles. The number of carbonyl (C=O) groups is 1. The monoisotopic (exact) mass is 324 g/mol. The van der Waals surface area contributed by atoms with E-state index in [1.54, 1.807) is 0 Å². The highest BCUT2D eigenvalue weighted by atomic mass is 16.3. The SMILES string of the molecule is CN(C(=O)CN1CC[C@@H](O)C1)C(c1ccccc1)c1ccccc1. The van der Waals surface area contributed by atoms with Gasteiger partial charge in [0.05, 0.1) is 18.7 Å². The van der Waals surface area contributed by atoms with Crippen LogP contribution >= 0.6 is 0 Å². The van der Waals surface area contributed by atoms with Gasteiger partial charge < -0.3 is 10.0 Å². The van der Waals surface area contributed by atoms with E-state index in [0.717, 1.165) is 24.1 Å². The molecule has 0 aliphatic carbocycles. The van der Waals surface area contributed by atoms with Crippen molar-refractivity contribution in [2.75, 3.05) is 26.7 Å². The number of likely N-dealkylation sites (tertiary alicyclic amines) is 1. The molecule has 1 heterocycles. The lowest BCUT2D eigenvalue weighted by Crippen LogP contribution is -2.40. The predicted octanol–water partition coefficient (Wildman–Crippen LogP) is 2.30. The molecular formula is C20H24N2O2. The van der Waals surface area contributed by atoms with E-state index in [-0.39, 0.29) is 18.1 Å². The summed E-state index contributed by atoms with van der Waals surface area (Å²) in [6, 6.07) is 20.1. The lowest BCUT2D eigenvalue weighted by atomic mass is 9.97. The average molecular weight is 324 g/mol. The van der Waals surface area contributed by atoms with Crippen molar-refractivity contribution in [3.63, 3.8) is 0 Å². The molecule has 1 saturated heterocycles. The Morgan fingerprint density at radius 1 is 1.12 bits per heavy atom. The Balaban J connectivity index is 1.81. The number of amides is 1. The number of aliphatic hydroxyl groups excluding tert-OH is 1. The number of hydrogen-bond acceptors (Lipinski definition) is 3. The Bertz CT molecular complexity index is 620. The summed E-state index contributed by atoms with van der Waals surface area (Å²) in [5.74, 6) is 0.0711. The molecule has 4 heteroatoms. The Kier molecular flexibility index (Phi) is 5.28. The third-order valence-corrected chi connectivity index (χ3v) is 4.62. The Morgan fingerprint density at radius 3 is 2.12 bits per heavy atom. The van der Waals surface area contributed by atoms with Crippen molar-refractivity contribution < 1.29 is 9.90 Å². The molecule has 2 aromatic rings. The Morgan fingerprint density at radius 2 is 1.67 bits per heavy atom. The summed E-state index contributed by atoms with van der Waals surface area (Å²) < 4.78 is 0. The highest BCUT2D eigenvalue weighted by molar-refractivity contribution is 5.79. The first kappa shape index (κ1) is 16.7. The highest BCUT2D eigenvalue weighted by Crippen LogP contribution is 2.27. The summed E-state index contributed by atoms with van der Waals surface area (Å²) in [5, 5.41) is 9.65. The van der Waals surface area contributed by atoms with Gasteiger partial charge in [-0.05, 0) is 17.5 Å². The molecule has 0 saturated carbocycles. The highest BCUT2D eigenvalue weighted by Gasteiger charge is 2.27. The number of carbonyl (C=O) groups excluding carboxylic acids is 1. The van der Waals surface area contributed by atoms with Crippen molar-refractivity contribution >= 4 is 5.91 Å². The minimum Gasteiger partial charge on any atom is -0.392 e. The quantitative estimate of drug-likeness (QED) is 0.918. The van der Waals surface area contributed by atoms with Crippen LogP contribution in [0, 0.1) is 0 Å². The fourth-order valence-electron chi connectivity index (χ4n) is 3.31. The first-order chi connectivity index (χ1) is 11.6. The van der Waals surface area contributed by atoms with Gasteiger partial charge in [-0.25, -0.2) is 0 Å². The smallest absolute Gasteiger partial charge is 0.237 e. The molecular weight excluding hydrogens is 300 g/mol. The molecule has 2 aromatic carbocycles. The average Bonchev–Trinajstić information content (AvgIpc) is 3.02. The first-order valence-corrected chi connectivity index (χ1v) is 8.41. The van der Waals surface area contributed by atoms with Crippen molar-refractivity contribution in [3.05, 3.63) is 71.8 Å². The van der Waals surface area contributed by atoms with Crippen LogP contribution in [0.3, 0.4) is 0 Å². The summed E-state index contributed by atoms with van der Waals surface area (Å²) in [4.78, 5) is 16.6. The van der Waals surface area contributed by atoms with Gasteiger partial charge >= 0.3 is 0 Å². The van der Waals surface area contributed by atoms with Gasteiger partial charge in [-0.3, -0.25) is 9.69 Å². The molecule has 0 spiro atoms. The number of nitrogens with zero attached hydrogens (tertiary/aromatic N) is 2. The van der Waals surface area contributed by atoms with E-state index in [9.17, 15) is 9.90 Å². The topological polar surface area (TPSA) is 43.8 Å². The van der Waals surface area contributed by atoms with Crippen LogP contribution in [-0.4, -0.2) is 53.6 Å². The van der Waals surface area contributed by atoms with Crippen LogP contribution in [0.15, 0.2) is 60.7 Å². The van der Waals surface area contributed by atoms with Gasteiger partial charge in [0, 0.05) is 20.1 Å². The van der Waals surface area contributed by atoms with E-state index in [2.05, 4.69) is 24.3 Å². The second-order valence-electron chi connectivity index (χ2n) is 6.41. The molecule has 4 nitrogen and oxygen atoms in total. The Hall–Kier alpha value is -2.17. The van der Waals surface area contributed by atoms with Crippen molar-refractivity contribution in [1.29, 1.82) is 0 Å². The van der Waals surface area contributed by atoms with Crippen molar-refractivity contribution in [2.45, 2.75) is 18.6 Å². The number of β-amino-alcohol motifs (C(OH)–C–C–N with tert-alkyl or cyclic N) is 1. The van der Waals surface area contributed by atoms with Gasteiger partial charge in [0.2, 0.25) is 5.91 Å². The van der Waals surface area contributed by atoms with Gasteiger partial charge in [0.1, 0.15) is 0 Å². The predicted molar refractivity (Wildman–Crippen MR) is 94.6 cm³/mol. The maximum atomic E-state index is 12.8. The van der Waals surface area contributed by atoms with Crippen LogP contribution in [0.2, 0.25) is 0 Å². The summed E-state index contributed by atoms with van der Waals surface area (Å²) in [6.07, 6.45) is 0.444. The van der Waals surface area contributed by atoms with Gasteiger partial charge in [-0.2, -0.15) is 0 Å². The van der Waals surface area contributed by atoms with Gasteiger partial charge in [-0.15, -0.1) is 0 Å². The fraction of sp³-hybridized carbons (Fsp3) is 0.350. The largest absolute Gasteiger partial charge is 0.392 e. The van der Waals surface area contributed by atoms with Crippen LogP contribution in [0.4, 0.5) is 0 Å². The molecule has 0 radical (unpaired) electrons. The normalized spacial score (nSPS) is 18.0. The Labute approximate surface area is 143 Å². The third kappa shape index (κ3) is 3.83. The summed E-state index contributed by atoms with van der Waals surface area (Å²) in [5.41, 5.74) is 2.20. The first-order valence-electron chi connectivity index (χ1n) is 8.41. The zero-order valence-corrected chi connectivity index (χ0v) is 14.0. The minimum atomic E-state index is -0.304. The number of benzene rings is 2. The van der Waals surface area contributed by atoms with Crippen LogP contribution in [-0.2, 0) is 4.79 Å². The van der Waals surface area contributed by atoms with Gasteiger partial charge in [0.15, 0.2) is 0 Å². The fourth-order valence-corrected chi connectivity index (χ4v) is 3.31. The van der Waals surface area contributed by atoms with Crippen LogP contribution in [0.1, 0.15) is 23.6 Å². The molecule has 1 N–H and O–H groups in total. The lowest BCUT2D eigenvalue weighted by molar-refractivity contribution is -0.132. The van der Waals surface area contributed by atoms with Crippen molar-refractivity contribution in [1.82, 2.24) is 9.80 Å². The molecule has 126 valence electrons. The third-order valence-electron chi connectivity index (χ3n) is 4.62. The summed E-state index contributed by atoms with van der Waals surface area (Å²) in [6.45, 7) is 1.72. The maximum absolute atomic E-state index is 12.8. The van der Waals surface area contributed by atoms with E-state index >= 15 is 0 Å². The molecule has 1 aliphatic rings. The standard InChI is InChI=1S/C20H24N2O2/c1-21(19(24)15-22-13-12-18(23)14-22)20(16-8-4-2-5-9-16)17-10-6-3-7-11-17/h2-11,18,20,23H,12-15H2,1H3/t18-/m1/s1. The zero-order valence-electron chi connectivity index (χ0n) is 14.0. The second-order valence-corrected chi connectivity index (χ2v) is 6.41. The van der Waals surface area contributed by atoms with E-state index in [1.165, 1.54) is 0 Å². The zero-order chi connectivity index (χ0) is 16.9. The van der Waals surface area contributed by atoms with E-state index < -0.39 is 0 Å². The summed E-state index contributed by atoms with van der Waals surface area (Å²) in [7, 11) is 1.86. The number of likely N-dealkylation sites (N-methyl/N-ethyl adjacent to an activating group) is 1. The second kappa shape index (κ2) is 7.60. The summed E-state index contributed by atoms with van der Waals surface area (Å²) >= 11 is 0. The van der Waals surface area contributed by atoms with Crippen molar-refractivity contribution in [3.8, 4) is 0 Å². The van der Waals surface area contributed by atoms with E-state index in [1.807, 2.05) is 53.2 Å². The molecule has 0 bridgehead atoms. The van der Waals surface area contributed by atoms with Crippen LogP contribution in [0.25, 0.3) is 0 Å². The maximum Gasteiger partial charge on any atom is 0.237 e. The molecule has 1 atom stereocenters. The molecule has 24 heavy (non-hydrogen) atoms. The molecule has 3 rings (SSSR count). The number of hydrogen-bond donors (Lipinski definition) is 1. The molecule has 1 fully saturated rings. The van der Waals surface area contributed by atoms with Gasteiger partial charge in [-0.1, -0.05) is 60.7 Å². The number of rotatable bonds is 5. The van der Waals surface area contributed by atoms with E-state index in [4.69, 9.17) is 0 Å². The van der Waals surface area contributed by atoms with Crippen LogP contribution in [0.5, 0.6) is 0 Å². The van der Waals surface area contributed by atoms with Crippen molar-refractivity contribution in [2.24, 2.45) is 0 Å². The molecule has 0 unspecified atom stereocenters. The van der Waals surface area contributed by atoms with E-state index in [0.29, 0.717) is 13.1 Å². The van der Waals surface area contributed by atoms with Crippen LogP contribution < -0.4 is 0 Å². The van der Waals surface area contributed by atoms with Gasteiger partial charge in [0.25, 0.3) is 0 Å². The minimum absolute atomic E-state index is 0.0711.